The van der Waals surface area contributed by atoms with Crippen molar-refractivity contribution in [3.05, 3.63) is 0 Å². The van der Waals surface area contributed by atoms with Crippen molar-refractivity contribution in [2.75, 3.05) is 0 Å². The molecule has 1 aliphatic rings. The van der Waals surface area contributed by atoms with E-state index in [-0.39, 0.29) is 5.97 Å². The highest BCUT2D eigenvalue weighted by molar-refractivity contribution is 6.53. The van der Waals surface area contributed by atoms with Crippen LogP contribution in [0.3, 0.4) is 0 Å². The second-order valence-corrected chi connectivity index (χ2v) is 6.70. The molecular weight excluding hydrogens is 223 g/mol. The summed E-state index contributed by atoms with van der Waals surface area (Å²) in [5, 5.41) is 0. The van der Waals surface area contributed by atoms with Crippen molar-refractivity contribution >= 4 is 29.2 Å². The average molecular weight is 239 g/mol. The predicted octanol–water partition coefficient (Wildman–Crippen LogP) is 3.16. The molecule has 0 aliphatic heterocycles. The molecular formula is C10H16Cl2O2. The van der Waals surface area contributed by atoms with Gasteiger partial charge >= 0.3 is 5.97 Å². The number of carbonyl (C=O) groups is 1. The molecule has 4 heteroatoms. The fourth-order valence-corrected chi connectivity index (χ4v) is 2.29. The smallest absolute Gasteiger partial charge is 0.313 e. The molecule has 1 atom stereocenters. The van der Waals surface area contributed by atoms with Gasteiger partial charge in [0.1, 0.15) is 9.93 Å². The van der Waals surface area contributed by atoms with Gasteiger partial charge in [0.2, 0.25) is 0 Å². The molecule has 0 saturated heterocycles. The second kappa shape index (κ2) is 3.02. The molecule has 14 heavy (non-hydrogen) atoms. The molecule has 1 fully saturated rings. The van der Waals surface area contributed by atoms with Gasteiger partial charge in [-0.05, 0) is 20.8 Å². The monoisotopic (exact) mass is 238 g/mol. The van der Waals surface area contributed by atoms with Crippen LogP contribution in [0.4, 0.5) is 0 Å². The topological polar surface area (TPSA) is 26.3 Å². The number of esters is 1. The number of ether oxygens (including phenoxy) is 1. The zero-order valence-corrected chi connectivity index (χ0v) is 10.7. The van der Waals surface area contributed by atoms with E-state index >= 15 is 0 Å². The first-order chi connectivity index (χ1) is 6.00. The molecule has 0 aromatic rings. The summed E-state index contributed by atoms with van der Waals surface area (Å²) >= 11 is 12.0. The Bertz CT molecular complexity index is 250. The third-order valence-corrected chi connectivity index (χ3v) is 3.91. The lowest BCUT2D eigenvalue weighted by Gasteiger charge is -2.19. The van der Waals surface area contributed by atoms with Crippen LogP contribution in [-0.4, -0.2) is 15.9 Å². The molecule has 0 aromatic carbocycles. The number of alkyl halides is 2. The largest absolute Gasteiger partial charge is 0.460 e. The van der Waals surface area contributed by atoms with Crippen molar-refractivity contribution in [2.24, 2.45) is 11.3 Å². The summed E-state index contributed by atoms with van der Waals surface area (Å²) in [4.78, 5) is 11.7. The summed E-state index contributed by atoms with van der Waals surface area (Å²) in [5.41, 5.74) is -0.877. The van der Waals surface area contributed by atoms with Gasteiger partial charge in [0.25, 0.3) is 0 Å². The van der Waals surface area contributed by atoms with E-state index in [0.29, 0.717) is 0 Å². The maximum atomic E-state index is 11.7. The molecule has 82 valence electrons. The molecule has 1 aliphatic carbocycles. The molecule has 0 aromatic heterocycles. The van der Waals surface area contributed by atoms with E-state index in [1.54, 1.807) is 0 Å². The van der Waals surface area contributed by atoms with Crippen molar-refractivity contribution in [3.8, 4) is 0 Å². The van der Waals surface area contributed by atoms with Crippen molar-refractivity contribution in [2.45, 2.75) is 44.6 Å². The van der Waals surface area contributed by atoms with Gasteiger partial charge in [-0.1, -0.05) is 13.8 Å². The lowest BCUT2D eigenvalue weighted by Crippen LogP contribution is -2.26. The summed E-state index contributed by atoms with van der Waals surface area (Å²) < 4.78 is 4.25. The molecule has 0 radical (unpaired) electrons. The Morgan fingerprint density at radius 3 is 1.86 bits per heavy atom. The molecule has 0 N–H and O–H groups in total. The number of hydrogen-bond donors (Lipinski definition) is 0. The summed E-state index contributed by atoms with van der Waals surface area (Å²) in [7, 11) is 0. The van der Waals surface area contributed by atoms with E-state index < -0.39 is 21.3 Å². The summed E-state index contributed by atoms with van der Waals surface area (Å²) in [5.74, 6) is -0.731. The molecule has 1 saturated carbocycles. The minimum Gasteiger partial charge on any atom is -0.460 e. The van der Waals surface area contributed by atoms with E-state index in [4.69, 9.17) is 27.9 Å². The van der Waals surface area contributed by atoms with Crippen LogP contribution in [0.1, 0.15) is 34.6 Å². The Hall–Kier alpha value is 0.0500. The minimum absolute atomic E-state index is 0.312. The number of hydrogen-bond acceptors (Lipinski definition) is 2. The quantitative estimate of drug-likeness (QED) is 0.519. The molecule has 0 amide bonds. The Labute approximate surface area is 94.9 Å². The molecule has 1 unspecified atom stereocenters. The first kappa shape index (κ1) is 12.1. The zero-order valence-electron chi connectivity index (χ0n) is 9.15. The average Bonchev–Trinajstić information content (AvgIpc) is 2.17. The molecule has 0 bridgehead atoms. The fourth-order valence-electron chi connectivity index (χ4n) is 1.46. The van der Waals surface area contributed by atoms with E-state index in [1.165, 1.54) is 0 Å². The number of rotatable bonds is 1. The number of halogens is 2. The van der Waals surface area contributed by atoms with Gasteiger partial charge in [-0.25, -0.2) is 0 Å². The predicted molar refractivity (Wildman–Crippen MR) is 57.6 cm³/mol. The summed E-state index contributed by atoms with van der Waals surface area (Å²) in [6, 6.07) is 0. The first-order valence-electron chi connectivity index (χ1n) is 4.61. The standard InChI is InChI=1S/C10H16Cl2O2/c1-8(2,3)14-7(13)6-9(4,5)10(6,11)12/h6H,1-5H3. The highest BCUT2D eigenvalue weighted by Gasteiger charge is 2.74. The third-order valence-electron chi connectivity index (χ3n) is 2.50. The number of carbonyl (C=O) groups excluding carboxylic acids is 1. The Kier molecular flexibility index (Phi) is 2.61. The van der Waals surface area contributed by atoms with Crippen LogP contribution in [0.15, 0.2) is 0 Å². The lowest BCUT2D eigenvalue weighted by molar-refractivity contribution is -0.157. The van der Waals surface area contributed by atoms with Gasteiger partial charge in [-0.2, -0.15) is 0 Å². The van der Waals surface area contributed by atoms with Gasteiger partial charge in [0.15, 0.2) is 0 Å². The zero-order chi connectivity index (χ0) is 11.4. The van der Waals surface area contributed by atoms with Crippen LogP contribution >= 0.6 is 23.2 Å². The van der Waals surface area contributed by atoms with Gasteiger partial charge in [0, 0.05) is 5.41 Å². The summed E-state index contributed by atoms with van der Waals surface area (Å²) in [6.45, 7) is 9.20. The fraction of sp³-hybridized carbons (Fsp3) is 0.900. The van der Waals surface area contributed by atoms with Gasteiger partial charge in [0.05, 0.1) is 5.92 Å². The van der Waals surface area contributed by atoms with E-state index in [0.717, 1.165) is 0 Å². The SMILES string of the molecule is CC(C)(C)OC(=O)C1C(C)(C)C1(Cl)Cl. The van der Waals surface area contributed by atoms with Crippen LogP contribution in [-0.2, 0) is 9.53 Å². The maximum absolute atomic E-state index is 11.7. The molecule has 0 spiro atoms. The second-order valence-electron chi connectivity index (χ2n) is 5.31. The van der Waals surface area contributed by atoms with Crippen molar-refractivity contribution in [1.29, 1.82) is 0 Å². The van der Waals surface area contributed by atoms with E-state index in [9.17, 15) is 4.79 Å². The molecule has 1 rings (SSSR count). The third kappa shape index (κ3) is 1.87. The van der Waals surface area contributed by atoms with Crippen LogP contribution in [0, 0.1) is 11.3 Å². The van der Waals surface area contributed by atoms with Crippen molar-refractivity contribution in [1.82, 2.24) is 0 Å². The van der Waals surface area contributed by atoms with Crippen LogP contribution in [0.25, 0.3) is 0 Å². The van der Waals surface area contributed by atoms with E-state index in [2.05, 4.69) is 0 Å². The van der Waals surface area contributed by atoms with Crippen LogP contribution in [0.2, 0.25) is 0 Å². The first-order valence-corrected chi connectivity index (χ1v) is 5.36. The van der Waals surface area contributed by atoms with Crippen molar-refractivity contribution in [3.63, 3.8) is 0 Å². The van der Waals surface area contributed by atoms with Gasteiger partial charge in [-0.15, -0.1) is 23.2 Å². The normalized spacial score (nSPS) is 28.4. The Balaban J connectivity index is 2.68. The van der Waals surface area contributed by atoms with Crippen molar-refractivity contribution < 1.29 is 9.53 Å². The Morgan fingerprint density at radius 2 is 1.64 bits per heavy atom. The maximum Gasteiger partial charge on any atom is 0.313 e. The van der Waals surface area contributed by atoms with Gasteiger partial charge < -0.3 is 4.74 Å². The minimum atomic E-state index is -0.977. The highest BCUT2D eigenvalue weighted by atomic mass is 35.5. The summed E-state index contributed by atoms with van der Waals surface area (Å²) in [6.07, 6.45) is 0. The van der Waals surface area contributed by atoms with Gasteiger partial charge in [-0.3, -0.25) is 4.79 Å². The Morgan fingerprint density at radius 1 is 1.29 bits per heavy atom. The van der Waals surface area contributed by atoms with E-state index in [1.807, 2.05) is 34.6 Å². The lowest BCUT2D eigenvalue weighted by atomic mass is 10.1. The highest BCUT2D eigenvalue weighted by Crippen LogP contribution is 2.69. The molecule has 0 heterocycles. The van der Waals surface area contributed by atoms with Crippen LogP contribution < -0.4 is 0 Å². The molecule has 2 nitrogen and oxygen atoms in total. The van der Waals surface area contributed by atoms with Crippen LogP contribution in [0.5, 0.6) is 0 Å².